The van der Waals surface area contributed by atoms with Crippen LogP contribution in [0.2, 0.25) is 0 Å². The third kappa shape index (κ3) is 3.67. The Balaban J connectivity index is 2.37. The van der Waals surface area contributed by atoms with Gasteiger partial charge in [-0.25, -0.2) is 0 Å². The molecule has 0 radical (unpaired) electrons. The number of rotatable bonds is 5. The summed E-state index contributed by atoms with van der Waals surface area (Å²) in [5.41, 5.74) is 5.20. The molecule has 1 aliphatic carbocycles. The molecule has 0 aromatic heterocycles. The van der Waals surface area contributed by atoms with Gasteiger partial charge in [0.25, 0.3) is 0 Å². The Hall–Kier alpha value is -0.220. The quantitative estimate of drug-likeness (QED) is 0.776. The number of carbonyl (C=O) groups excluding carboxylic acids is 1. The third-order valence-corrected chi connectivity index (χ3v) is 4.61. The zero-order chi connectivity index (χ0) is 12.2. The number of nitrogens with two attached hydrogens (primary N) is 1. The Morgan fingerprint density at radius 1 is 1.50 bits per heavy atom. The fourth-order valence-electron chi connectivity index (χ4n) is 1.97. The van der Waals surface area contributed by atoms with Crippen LogP contribution in [0.1, 0.15) is 46.5 Å². The number of nitrogens with one attached hydrogen (secondary N) is 1. The predicted octanol–water partition coefficient (Wildman–Crippen LogP) is 1.90. The lowest BCUT2D eigenvalue weighted by molar-refractivity contribution is -0.126. The Kier molecular flexibility index (Phi) is 5.12. The van der Waals surface area contributed by atoms with Gasteiger partial charge in [0.2, 0.25) is 5.91 Å². The molecule has 0 spiro atoms. The first-order valence-corrected chi connectivity index (χ1v) is 7.26. The molecule has 3 nitrogen and oxygen atoms in total. The van der Waals surface area contributed by atoms with Crippen molar-refractivity contribution in [2.45, 2.75) is 63.3 Å². The molecule has 0 saturated heterocycles. The number of amides is 1. The summed E-state index contributed by atoms with van der Waals surface area (Å²) in [5.74, 6) is 1.16. The molecule has 94 valence electrons. The molecule has 1 saturated carbocycles. The van der Waals surface area contributed by atoms with E-state index in [1.807, 2.05) is 18.7 Å². The van der Waals surface area contributed by atoms with E-state index in [0.717, 1.165) is 23.8 Å². The van der Waals surface area contributed by atoms with Gasteiger partial charge in [-0.2, -0.15) is 11.8 Å². The number of hydrogen-bond acceptors (Lipinski definition) is 3. The second kappa shape index (κ2) is 5.92. The highest BCUT2D eigenvalue weighted by molar-refractivity contribution is 7.99. The molecule has 3 unspecified atom stereocenters. The highest BCUT2D eigenvalue weighted by Gasteiger charge is 2.31. The second-order valence-electron chi connectivity index (χ2n) is 4.83. The molecule has 0 bridgehead atoms. The van der Waals surface area contributed by atoms with Crippen molar-refractivity contribution >= 4 is 17.7 Å². The van der Waals surface area contributed by atoms with E-state index in [2.05, 4.69) is 12.2 Å². The SMILES string of the molecule is CCSC1CCC(NC(=O)C(C)(N)CC)C1. The standard InChI is InChI=1S/C12H24N2OS/c1-4-12(3,13)11(15)14-9-6-7-10(8-9)16-5-2/h9-10H,4-8,13H2,1-3H3,(H,14,15). The van der Waals surface area contributed by atoms with Crippen molar-refractivity contribution in [3.63, 3.8) is 0 Å². The molecule has 3 atom stereocenters. The molecule has 0 aromatic rings. The van der Waals surface area contributed by atoms with Crippen molar-refractivity contribution in [2.75, 3.05) is 5.75 Å². The smallest absolute Gasteiger partial charge is 0.240 e. The summed E-state index contributed by atoms with van der Waals surface area (Å²) in [5, 5.41) is 3.80. The van der Waals surface area contributed by atoms with Crippen LogP contribution in [0.3, 0.4) is 0 Å². The van der Waals surface area contributed by atoms with Gasteiger partial charge >= 0.3 is 0 Å². The van der Waals surface area contributed by atoms with Crippen molar-refractivity contribution in [2.24, 2.45) is 5.73 Å². The Morgan fingerprint density at radius 2 is 2.19 bits per heavy atom. The maximum absolute atomic E-state index is 11.9. The van der Waals surface area contributed by atoms with Gasteiger partial charge in [-0.1, -0.05) is 13.8 Å². The molecule has 0 aromatic carbocycles. The number of hydrogen-bond donors (Lipinski definition) is 2. The van der Waals surface area contributed by atoms with Crippen molar-refractivity contribution in [3.8, 4) is 0 Å². The number of carbonyl (C=O) groups is 1. The van der Waals surface area contributed by atoms with Crippen molar-refractivity contribution < 1.29 is 4.79 Å². The van der Waals surface area contributed by atoms with Crippen LogP contribution in [0.25, 0.3) is 0 Å². The molecular formula is C12H24N2OS. The van der Waals surface area contributed by atoms with E-state index >= 15 is 0 Å². The largest absolute Gasteiger partial charge is 0.352 e. The lowest BCUT2D eigenvalue weighted by atomic mass is 9.99. The zero-order valence-electron chi connectivity index (χ0n) is 10.6. The first kappa shape index (κ1) is 13.8. The van der Waals surface area contributed by atoms with Gasteiger partial charge in [-0.3, -0.25) is 4.79 Å². The summed E-state index contributed by atoms with van der Waals surface area (Å²) < 4.78 is 0. The molecule has 4 heteroatoms. The van der Waals surface area contributed by atoms with Crippen LogP contribution in [0, 0.1) is 0 Å². The molecule has 3 N–H and O–H groups in total. The summed E-state index contributed by atoms with van der Waals surface area (Å²) in [4.78, 5) is 11.9. The van der Waals surface area contributed by atoms with Crippen LogP contribution in [0.4, 0.5) is 0 Å². The van der Waals surface area contributed by atoms with Crippen molar-refractivity contribution in [3.05, 3.63) is 0 Å². The molecule has 1 rings (SSSR count). The van der Waals surface area contributed by atoms with Gasteiger partial charge in [-0.15, -0.1) is 0 Å². The van der Waals surface area contributed by atoms with Gasteiger partial charge in [0.05, 0.1) is 5.54 Å². The normalized spacial score (nSPS) is 28.8. The van der Waals surface area contributed by atoms with E-state index in [0.29, 0.717) is 12.5 Å². The van der Waals surface area contributed by atoms with Gasteiger partial charge in [0.1, 0.15) is 0 Å². The maximum Gasteiger partial charge on any atom is 0.240 e. The lowest BCUT2D eigenvalue weighted by Gasteiger charge is -2.24. The maximum atomic E-state index is 11.9. The zero-order valence-corrected chi connectivity index (χ0v) is 11.4. The Bertz CT molecular complexity index is 243. The summed E-state index contributed by atoms with van der Waals surface area (Å²) in [6.07, 6.45) is 4.10. The van der Waals surface area contributed by atoms with Gasteiger partial charge in [0, 0.05) is 11.3 Å². The summed E-state index contributed by atoms with van der Waals surface area (Å²) in [6, 6.07) is 0.339. The van der Waals surface area contributed by atoms with Gasteiger partial charge in [-0.05, 0) is 38.4 Å². The van der Waals surface area contributed by atoms with Crippen LogP contribution in [-0.4, -0.2) is 28.5 Å². The minimum Gasteiger partial charge on any atom is -0.352 e. The first-order chi connectivity index (χ1) is 7.49. The van der Waals surface area contributed by atoms with Crippen molar-refractivity contribution in [1.82, 2.24) is 5.32 Å². The second-order valence-corrected chi connectivity index (χ2v) is 6.41. The van der Waals surface area contributed by atoms with E-state index in [1.165, 1.54) is 6.42 Å². The molecule has 16 heavy (non-hydrogen) atoms. The monoisotopic (exact) mass is 244 g/mol. The minimum atomic E-state index is -0.712. The van der Waals surface area contributed by atoms with E-state index in [1.54, 1.807) is 6.92 Å². The van der Waals surface area contributed by atoms with Crippen LogP contribution in [0.5, 0.6) is 0 Å². The topological polar surface area (TPSA) is 55.1 Å². The average Bonchev–Trinajstić information content (AvgIpc) is 2.66. The molecule has 0 heterocycles. The van der Waals surface area contributed by atoms with Crippen molar-refractivity contribution in [1.29, 1.82) is 0 Å². The number of thioether (sulfide) groups is 1. The Morgan fingerprint density at radius 3 is 2.75 bits per heavy atom. The van der Waals surface area contributed by atoms with E-state index < -0.39 is 5.54 Å². The predicted molar refractivity (Wildman–Crippen MR) is 70.6 cm³/mol. The summed E-state index contributed by atoms with van der Waals surface area (Å²) in [6.45, 7) is 5.93. The van der Waals surface area contributed by atoms with E-state index in [9.17, 15) is 4.79 Å². The average molecular weight is 244 g/mol. The fraction of sp³-hybridized carbons (Fsp3) is 0.917. The summed E-state index contributed by atoms with van der Waals surface area (Å²) in [7, 11) is 0. The summed E-state index contributed by atoms with van der Waals surface area (Å²) >= 11 is 2.00. The van der Waals surface area contributed by atoms with Crippen LogP contribution in [-0.2, 0) is 4.79 Å². The molecule has 1 aliphatic rings. The third-order valence-electron chi connectivity index (χ3n) is 3.38. The van der Waals surface area contributed by atoms with Gasteiger partial charge in [0.15, 0.2) is 0 Å². The lowest BCUT2D eigenvalue weighted by Crippen LogP contribution is -2.53. The van der Waals surface area contributed by atoms with Crippen LogP contribution >= 0.6 is 11.8 Å². The molecule has 1 amide bonds. The minimum absolute atomic E-state index is 0.00199. The molecular weight excluding hydrogens is 220 g/mol. The fourth-order valence-corrected chi connectivity index (χ4v) is 3.11. The first-order valence-electron chi connectivity index (χ1n) is 6.21. The highest BCUT2D eigenvalue weighted by Crippen LogP contribution is 2.29. The highest BCUT2D eigenvalue weighted by atomic mass is 32.2. The molecule has 0 aliphatic heterocycles. The van der Waals surface area contributed by atoms with Gasteiger partial charge < -0.3 is 11.1 Å². The Labute approximate surface area is 103 Å². The van der Waals surface area contributed by atoms with E-state index in [-0.39, 0.29) is 5.91 Å². The van der Waals surface area contributed by atoms with E-state index in [4.69, 9.17) is 5.73 Å². The van der Waals surface area contributed by atoms with Crippen LogP contribution in [0.15, 0.2) is 0 Å². The van der Waals surface area contributed by atoms with Crippen LogP contribution < -0.4 is 11.1 Å². The molecule has 1 fully saturated rings.